The highest BCUT2D eigenvalue weighted by atomic mass is 16.6. The summed E-state index contributed by atoms with van der Waals surface area (Å²) in [5, 5.41) is 10.4. The molecule has 0 bridgehead atoms. The number of hydrogen-bond acceptors (Lipinski definition) is 6. The molecule has 1 atom stereocenters. The highest BCUT2D eigenvalue weighted by molar-refractivity contribution is 6.09. The quantitative estimate of drug-likeness (QED) is 0.834. The fraction of sp³-hybridized carbons (Fsp3) is 0.474. The number of rotatable bonds is 6. The lowest BCUT2D eigenvalue weighted by Crippen LogP contribution is -2.34. The van der Waals surface area contributed by atoms with E-state index in [1.807, 2.05) is 0 Å². The summed E-state index contributed by atoms with van der Waals surface area (Å²) < 4.78 is 16.2. The smallest absolute Gasteiger partial charge is 0.290 e. The van der Waals surface area contributed by atoms with Gasteiger partial charge in [-0.05, 0) is 17.7 Å². The first-order valence-corrected chi connectivity index (χ1v) is 8.62. The van der Waals surface area contributed by atoms with E-state index in [9.17, 15) is 14.7 Å². The number of carbonyl (C=O) groups is 2. The molecule has 0 aliphatic carbocycles. The number of carbonyl (C=O) groups excluding carboxylic acids is 2. The zero-order valence-corrected chi connectivity index (χ0v) is 15.2. The Balaban J connectivity index is 2.05. The number of aliphatic hydroxyl groups excluding tert-OH is 1. The van der Waals surface area contributed by atoms with Gasteiger partial charge in [0.15, 0.2) is 23.0 Å². The van der Waals surface area contributed by atoms with Gasteiger partial charge in [0.25, 0.3) is 5.91 Å². The number of benzene rings is 1. The van der Waals surface area contributed by atoms with Crippen LogP contribution in [-0.4, -0.2) is 55.2 Å². The van der Waals surface area contributed by atoms with E-state index in [-0.39, 0.29) is 23.8 Å². The molecule has 3 rings (SSSR count). The molecule has 140 valence electrons. The summed E-state index contributed by atoms with van der Waals surface area (Å²) in [4.78, 5) is 26.7. The first-order valence-electron chi connectivity index (χ1n) is 8.62. The molecule has 0 radical (unpaired) electrons. The zero-order chi connectivity index (χ0) is 18.8. The monoisotopic (exact) mass is 361 g/mol. The Morgan fingerprint density at radius 2 is 2.00 bits per heavy atom. The van der Waals surface area contributed by atoms with Gasteiger partial charge in [0.05, 0.1) is 18.2 Å². The average Bonchev–Trinajstić information content (AvgIpc) is 2.89. The van der Waals surface area contributed by atoms with Crippen LogP contribution < -0.4 is 9.47 Å². The van der Waals surface area contributed by atoms with Crippen LogP contribution in [0.3, 0.4) is 0 Å². The van der Waals surface area contributed by atoms with Crippen molar-refractivity contribution in [1.82, 2.24) is 4.90 Å². The predicted molar refractivity (Wildman–Crippen MR) is 93.3 cm³/mol. The van der Waals surface area contributed by atoms with Crippen LogP contribution in [0.2, 0.25) is 0 Å². The van der Waals surface area contributed by atoms with E-state index in [4.69, 9.17) is 14.2 Å². The summed E-state index contributed by atoms with van der Waals surface area (Å²) in [6, 6.07) is 4.63. The first kappa shape index (κ1) is 18.3. The Hall–Kier alpha value is -2.54. The van der Waals surface area contributed by atoms with Crippen LogP contribution in [0.15, 0.2) is 29.5 Å². The minimum Gasteiger partial charge on any atom is -0.503 e. The van der Waals surface area contributed by atoms with Crippen molar-refractivity contribution in [2.24, 2.45) is 5.92 Å². The molecule has 1 N–H and O–H groups in total. The van der Waals surface area contributed by atoms with Gasteiger partial charge in [-0.15, -0.1) is 0 Å². The molecule has 1 aromatic carbocycles. The zero-order valence-electron chi connectivity index (χ0n) is 15.2. The second kappa shape index (κ2) is 7.37. The van der Waals surface area contributed by atoms with Crippen LogP contribution in [0.5, 0.6) is 11.5 Å². The third-order valence-electron chi connectivity index (χ3n) is 4.51. The van der Waals surface area contributed by atoms with Crippen molar-refractivity contribution in [2.75, 3.05) is 33.5 Å². The number of Topliss-reactive ketones (excluding diaryl/α,β-unsaturated/α-hetero) is 1. The van der Waals surface area contributed by atoms with Gasteiger partial charge in [0, 0.05) is 19.6 Å². The Morgan fingerprint density at radius 1 is 1.31 bits per heavy atom. The predicted octanol–water partition coefficient (Wildman–Crippen LogP) is 2.02. The molecule has 1 aromatic rings. The van der Waals surface area contributed by atoms with Gasteiger partial charge in [-0.25, -0.2) is 0 Å². The molecule has 2 heterocycles. The maximum atomic E-state index is 12.7. The second-order valence-electron chi connectivity index (χ2n) is 6.58. The third-order valence-corrected chi connectivity index (χ3v) is 4.51. The first-order chi connectivity index (χ1) is 12.5. The summed E-state index contributed by atoms with van der Waals surface area (Å²) in [6.07, 6.45) is 0. The lowest BCUT2D eigenvalue weighted by atomic mass is 9.91. The maximum absolute atomic E-state index is 12.7. The normalized spacial score (nSPS) is 19.5. The van der Waals surface area contributed by atoms with Crippen molar-refractivity contribution in [3.05, 3.63) is 35.1 Å². The Morgan fingerprint density at radius 3 is 2.65 bits per heavy atom. The van der Waals surface area contributed by atoms with E-state index >= 15 is 0 Å². The van der Waals surface area contributed by atoms with Gasteiger partial charge >= 0.3 is 0 Å². The Labute approximate surface area is 152 Å². The lowest BCUT2D eigenvalue weighted by molar-refractivity contribution is -0.130. The van der Waals surface area contributed by atoms with Gasteiger partial charge in [-0.3, -0.25) is 9.59 Å². The van der Waals surface area contributed by atoms with Crippen LogP contribution in [0.4, 0.5) is 0 Å². The minimum absolute atomic E-state index is 0.123. The van der Waals surface area contributed by atoms with E-state index in [0.717, 1.165) is 0 Å². The number of hydrogen-bond donors (Lipinski definition) is 1. The molecular formula is C19H23NO6. The fourth-order valence-electron chi connectivity index (χ4n) is 3.21. The number of fused-ring (bicyclic) bond motifs is 1. The maximum Gasteiger partial charge on any atom is 0.290 e. The van der Waals surface area contributed by atoms with Crippen LogP contribution >= 0.6 is 0 Å². The highest BCUT2D eigenvalue weighted by Gasteiger charge is 2.44. The van der Waals surface area contributed by atoms with Gasteiger partial charge in [-0.2, -0.15) is 0 Å². The van der Waals surface area contributed by atoms with Gasteiger partial charge in [0.2, 0.25) is 0 Å². The molecule has 1 amide bonds. The number of methoxy groups -OCH3 is 1. The largest absolute Gasteiger partial charge is 0.503 e. The Kier molecular flexibility index (Phi) is 5.18. The summed E-state index contributed by atoms with van der Waals surface area (Å²) >= 11 is 0. The van der Waals surface area contributed by atoms with E-state index in [0.29, 0.717) is 36.9 Å². The van der Waals surface area contributed by atoms with Gasteiger partial charge < -0.3 is 24.2 Å². The van der Waals surface area contributed by atoms with E-state index in [1.54, 1.807) is 32.0 Å². The van der Waals surface area contributed by atoms with Crippen molar-refractivity contribution >= 4 is 11.7 Å². The van der Waals surface area contributed by atoms with E-state index < -0.39 is 17.7 Å². The molecule has 0 saturated heterocycles. The minimum atomic E-state index is -0.677. The van der Waals surface area contributed by atoms with Crippen molar-refractivity contribution < 1.29 is 28.9 Å². The molecule has 2 aliphatic rings. The fourth-order valence-corrected chi connectivity index (χ4v) is 3.21. The summed E-state index contributed by atoms with van der Waals surface area (Å²) in [7, 11) is 1.53. The molecule has 7 heteroatoms. The number of aliphatic hydroxyl groups is 1. The van der Waals surface area contributed by atoms with Crippen LogP contribution in [-0.2, 0) is 14.3 Å². The summed E-state index contributed by atoms with van der Waals surface area (Å²) in [6.45, 7) is 4.95. The number of amides is 1. The third kappa shape index (κ3) is 3.14. The number of nitrogens with zero attached hydrogens (tertiary/aromatic N) is 1. The molecule has 0 spiro atoms. The van der Waals surface area contributed by atoms with E-state index in [2.05, 4.69) is 0 Å². The molecule has 7 nitrogen and oxygen atoms in total. The molecule has 0 aromatic heterocycles. The average molecular weight is 361 g/mol. The SMILES string of the molecule is COCCN1C(=O)C(O)=C(C(=O)C(C)C)C1c1ccc2c(c1)OCCO2. The molecule has 2 aliphatic heterocycles. The summed E-state index contributed by atoms with van der Waals surface area (Å²) in [5.41, 5.74) is 0.810. The van der Waals surface area contributed by atoms with Crippen LogP contribution in [0.1, 0.15) is 25.5 Å². The van der Waals surface area contributed by atoms with Crippen LogP contribution in [0.25, 0.3) is 0 Å². The van der Waals surface area contributed by atoms with Crippen molar-refractivity contribution in [3.63, 3.8) is 0 Å². The lowest BCUT2D eigenvalue weighted by Gasteiger charge is -2.28. The molecule has 0 saturated carbocycles. The van der Waals surface area contributed by atoms with Gasteiger partial charge in [0.1, 0.15) is 13.2 Å². The van der Waals surface area contributed by atoms with Crippen LogP contribution in [0, 0.1) is 5.92 Å². The van der Waals surface area contributed by atoms with Gasteiger partial charge in [-0.1, -0.05) is 19.9 Å². The standard InChI is InChI=1S/C19H23NO6/c1-11(2)17(21)15-16(20(6-7-24-3)19(23)18(15)22)12-4-5-13-14(10-12)26-9-8-25-13/h4-5,10-11,16,22H,6-9H2,1-3H3. The van der Waals surface area contributed by atoms with Crippen molar-refractivity contribution in [2.45, 2.75) is 19.9 Å². The van der Waals surface area contributed by atoms with E-state index in [1.165, 1.54) is 12.0 Å². The number of ketones is 1. The highest BCUT2D eigenvalue weighted by Crippen LogP contribution is 2.41. The van der Waals surface area contributed by atoms with Crippen molar-refractivity contribution in [1.29, 1.82) is 0 Å². The summed E-state index contributed by atoms with van der Waals surface area (Å²) in [5.74, 6) is -0.461. The topological polar surface area (TPSA) is 85.3 Å². The van der Waals surface area contributed by atoms with Crippen molar-refractivity contribution in [3.8, 4) is 11.5 Å². The molecule has 1 unspecified atom stereocenters. The second-order valence-corrected chi connectivity index (χ2v) is 6.58. The Bertz CT molecular complexity index is 754. The number of ether oxygens (including phenoxy) is 3. The molecular weight excluding hydrogens is 338 g/mol. The molecule has 26 heavy (non-hydrogen) atoms. The molecule has 0 fully saturated rings.